The molecule has 0 radical (unpaired) electrons. The summed E-state index contributed by atoms with van der Waals surface area (Å²) < 4.78 is 55.5. The monoisotopic (exact) mass is 442 g/mol. The largest absolute Gasteiger partial charge is 0.480 e. The van der Waals surface area contributed by atoms with Gasteiger partial charge in [-0.3, -0.25) is 9.00 Å². The molecule has 1 amide bonds. The summed E-state index contributed by atoms with van der Waals surface area (Å²) in [4.78, 5) is 14.6. The van der Waals surface area contributed by atoms with Gasteiger partial charge in [0.2, 0.25) is 0 Å². The molecule has 3 aliphatic heterocycles. The van der Waals surface area contributed by atoms with Crippen molar-refractivity contribution in [2.75, 3.05) is 26.0 Å². The highest BCUT2D eigenvalue weighted by atomic mass is 32.2. The molecule has 0 spiro atoms. The van der Waals surface area contributed by atoms with Crippen LogP contribution in [0.15, 0.2) is 12.1 Å². The zero-order valence-corrected chi connectivity index (χ0v) is 17.9. The molecule has 2 fully saturated rings. The Kier molecular flexibility index (Phi) is 6.05. The number of fused-ring (bicyclic) bond motifs is 5. The van der Waals surface area contributed by atoms with Gasteiger partial charge in [0.05, 0.1) is 18.8 Å². The zero-order chi connectivity index (χ0) is 21.5. The minimum absolute atomic E-state index is 0.0220. The number of carbonyl (C=O) groups is 1. The fraction of sp³-hybridized carbons (Fsp3) is 0.619. The van der Waals surface area contributed by atoms with Crippen molar-refractivity contribution in [3.8, 4) is 5.75 Å². The van der Waals surface area contributed by atoms with Crippen molar-refractivity contribution in [2.24, 2.45) is 0 Å². The number of benzene rings is 1. The summed E-state index contributed by atoms with van der Waals surface area (Å²) >= 11 is 0. The van der Waals surface area contributed by atoms with E-state index in [0.717, 1.165) is 31.7 Å². The van der Waals surface area contributed by atoms with Gasteiger partial charge in [-0.25, -0.2) is 13.5 Å². The molecule has 2 bridgehead atoms. The molecule has 3 heterocycles. The summed E-state index contributed by atoms with van der Waals surface area (Å²) in [5.74, 6) is 1.86. The van der Waals surface area contributed by atoms with Crippen LogP contribution in [0.2, 0.25) is 0 Å². The first-order chi connectivity index (χ1) is 14.2. The van der Waals surface area contributed by atoms with Gasteiger partial charge in [0.15, 0.2) is 18.2 Å². The van der Waals surface area contributed by atoms with Gasteiger partial charge in [-0.15, -0.1) is 0 Å². The second kappa shape index (κ2) is 8.43. The van der Waals surface area contributed by atoms with Gasteiger partial charge in [0.1, 0.15) is 5.82 Å². The maximum atomic E-state index is 14.5. The summed E-state index contributed by atoms with van der Waals surface area (Å²) in [6, 6.07) is 1.60. The Labute approximate surface area is 176 Å². The minimum Gasteiger partial charge on any atom is -0.480 e. The first kappa shape index (κ1) is 21.5. The minimum atomic E-state index is -2.45. The van der Waals surface area contributed by atoms with E-state index < -0.39 is 21.3 Å². The van der Waals surface area contributed by atoms with Crippen LogP contribution in [-0.4, -0.2) is 65.1 Å². The average molecular weight is 443 g/mol. The number of hydrogen-bond acceptors (Lipinski definition) is 4. The van der Waals surface area contributed by atoms with E-state index in [-0.39, 0.29) is 42.4 Å². The maximum absolute atomic E-state index is 14.5. The maximum Gasteiger partial charge on any atom is 0.260 e. The first-order valence-corrected chi connectivity index (χ1v) is 12.5. The second-order valence-electron chi connectivity index (χ2n) is 8.57. The van der Waals surface area contributed by atoms with Crippen molar-refractivity contribution in [2.45, 2.75) is 56.2 Å². The summed E-state index contributed by atoms with van der Waals surface area (Å²) in [5.41, 5.74) is 0.485. The molecular weight excluding hydrogens is 414 g/mol. The van der Waals surface area contributed by atoms with Crippen LogP contribution in [0.1, 0.15) is 43.6 Å². The van der Waals surface area contributed by atoms with Crippen LogP contribution in [0.5, 0.6) is 5.75 Å². The third kappa shape index (κ3) is 4.63. The average Bonchev–Trinajstić information content (AvgIpc) is 3.06. The van der Waals surface area contributed by atoms with Crippen LogP contribution in [0.4, 0.5) is 8.78 Å². The van der Waals surface area contributed by atoms with E-state index in [1.165, 1.54) is 12.3 Å². The van der Waals surface area contributed by atoms with Crippen molar-refractivity contribution in [3.63, 3.8) is 0 Å². The van der Waals surface area contributed by atoms with Crippen LogP contribution in [-0.2, 0) is 19.2 Å². The number of nitrogens with one attached hydrogen (secondary N) is 1. The Morgan fingerprint density at radius 2 is 1.93 bits per heavy atom. The van der Waals surface area contributed by atoms with E-state index in [4.69, 9.17) is 9.47 Å². The van der Waals surface area contributed by atoms with Crippen LogP contribution in [0, 0.1) is 11.6 Å². The third-order valence-corrected chi connectivity index (χ3v) is 7.06. The normalized spacial score (nSPS) is 31.6. The van der Waals surface area contributed by atoms with Crippen molar-refractivity contribution < 1.29 is 27.3 Å². The zero-order valence-electron chi connectivity index (χ0n) is 17.1. The Morgan fingerprint density at radius 3 is 2.63 bits per heavy atom. The number of amides is 1. The molecule has 2 unspecified atom stereocenters. The molecule has 4 aliphatic rings. The number of nitrogens with zero attached hydrogens (tertiary/aromatic N) is 1. The lowest BCUT2D eigenvalue weighted by atomic mass is 9.82. The molecule has 1 aliphatic carbocycles. The molecule has 6 nitrogen and oxygen atoms in total. The molecule has 1 aromatic carbocycles. The van der Waals surface area contributed by atoms with Crippen molar-refractivity contribution in [1.29, 1.82) is 0 Å². The highest BCUT2D eigenvalue weighted by Gasteiger charge is 2.39. The van der Waals surface area contributed by atoms with E-state index in [0.29, 0.717) is 25.1 Å². The lowest BCUT2D eigenvalue weighted by Gasteiger charge is -2.32. The molecule has 9 heteroatoms. The predicted octanol–water partition coefficient (Wildman–Crippen LogP) is 2.22. The lowest BCUT2D eigenvalue weighted by molar-refractivity contribution is -0.136. The van der Waals surface area contributed by atoms with Gasteiger partial charge in [0, 0.05) is 40.2 Å². The van der Waals surface area contributed by atoms with Gasteiger partial charge in [-0.1, -0.05) is 0 Å². The van der Waals surface area contributed by atoms with Crippen LogP contribution < -0.4 is 9.46 Å². The standard InChI is InChI=1S/C21H28F2N2O4S/c1-30(2,27)24-18-7-8-25-19(18)11-28-15-5-3-13(4-6-15)16-9-14(22)10-17(23)21(16)29-12-20(25)26/h9-10,13,15,18-19H,1,3-8,11-12H2,2H3,(H,24,27)/t13?,15?,18-,19?,30?/m0/s1. The molecule has 30 heavy (non-hydrogen) atoms. The number of hydrogen-bond donors (Lipinski definition) is 1. The Morgan fingerprint density at radius 1 is 1.20 bits per heavy atom. The fourth-order valence-corrected chi connectivity index (χ4v) is 5.77. The molecule has 3 atom stereocenters. The quantitative estimate of drug-likeness (QED) is 0.714. The number of carbonyl (C=O) groups excluding carboxylic acids is 1. The highest BCUT2D eigenvalue weighted by molar-refractivity contribution is 7.97. The molecule has 1 aromatic rings. The molecule has 1 saturated heterocycles. The molecule has 1 N–H and O–H groups in total. The highest BCUT2D eigenvalue weighted by Crippen LogP contribution is 2.40. The Balaban J connectivity index is 1.63. The molecule has 166 valence electrons. The van der Waals surface area contributed by atoms with Crippen molar-refractivity contribution in [1.82, 2.24) is 9.62 Å². The van der Waals surface area contributed by atoms with Crippen LogP contribution in [0.3, 0.4) is 0 Å². The summed E-state index contributed by atoms with van der Waals surface area (Å²) in [5, 5.41) is 0. The van der Waals surface area contributed by atoms with Crippen molar-refractivity contribution in [3.05, 3.63) is 29.3 Å². The van der Waals surface area contributed by atoms with Gasteiger partial charge in [0.25, 0.3) is 5.91 Å². The Hall–Kier alpha value is -1.71. The van der Waals surface area contributed by atoms with Crippen LogP contribution >= 0.6 is 0 Å². The van der Waals surface area contributed by atoms with Crippen molar-refractivity contribution >= 4 is 21.5 Å². The SMILES string of the molecule is C=S(C)(=O)N[C@H]1CCN2C(=O)COc3c(F)cc(F)cc3C3CCC(CC3)OCC12. The molecular formula is C21H28F2N2O4S. The van der Waals surface area contributed by atoms with E-state index in [2.05, 4.69) is 10.6 Å². The lowest BCUT2D eigenvalue weighted by Crippen LogP contribution is -2.50. The summed E-state index contributed by atoms with van der Waals surface area (Å²) in [6.07, 6.45) is 5.16. The number of rotatable bonds is 2. The van der Waals surface area contributed by atoms with E-state index in [1.54, 1.807) is 4.90 Å². The summed E-state index contributed by atoms with van der Waals surface area (Å²) in [7, 11) is -2.45. The van der Waals surface area contributed by atoms with E-state index in [9.17, 15) is 17.8 Å². The predicted molar refractivity (Wildman–Crippen MR) is 111 cm³/mol. The molecule has 5 rings (SSSR count). The van der Waals surface area contributed by atoms with Gasteiger partial charge in [-0.05, 0) is 50.0 Å². The topological polar surface area (TPSA) is 67.9 Å². The van der Waals surface area contributed by atoms with Crippen LogP contribution in [0.25, 0.3) is 0 Å². The smallest absolute Gasteiger partial charge is 0.260 e. The third-order valence-electron chi connectivity index (χ3n) is 6.26. The number of halogens is 2. The summed E-state index contributed by atoms with van der Waals surface area (Å²) in [6.45, 7) is 0.431. The first-order valence-electron chi connectivity index (χ1n) is 10.3. The van der Waals surface area contributed by atoms with Gasteiger partial charge in [-0.2, -0.15) is 0 Å². The van der Waals surface area contributed by atoms with E-state index >= 15 is 0 Å². The van der Waals surface area contributed by atoms with Gasteiger partial charge >= 0.3 is 0 Å². The molecule has 0 aromatic heterocycles. The number of ether oxygens (including phenoxy) is 2. The van der Waals surface area contributed by atoms with Gasteiger partial charge < -0.3 is 14.4 Å². The Bertz CT molecular complexity index is 916. The molecule has 1 saturated carbocycles. The van der Waals surface area contributed by atoms with E-state index in [1.807, 2.05) is 0 Å². The fourth-order valence-electron chi connectivity index (χ4n) is 4.85. The second-order valence-corrected chi connectivity index (χ2v) is 10.8.